The number of aryl methyl sites for hydroxylation is 4. The maximum Gasteiger partial charge on any atom is 0.253 e. The standard InChI is InChI=1S/3C18H19NO.C17H17NO.C16H20N2O2S/c3*1-14-6-8-16(9-7-14)18(20)13-19-11-10-15-4-2-3-5-17(15)12-19;19-17(15-7-2-1-3-8-15)13-18-11-10-14-6-4-5-9-16(14)12-18;1-13-6-8-16(9-7-13)21(19,20)17-18-11-10-14-4-2-3-5-15(14)12-18/h3*2-9H,10-13H2,1H3;1-9H,10-13H2;2-9,14-15,17H,10-12H2,1H3. The first-order chi connectivity index (χ1) is 48.5. The van der Waals surface area contributed by atoms with Gasteiger partial charge in [0.05, 0.1) is 31.1 Å². The number of hydrogen-bond donors (Lipinski definition) is 1. The highest BCUT2D eigenvalue weighted by atomic mass is 32.2. The Morgan fingerprint density at radius 1 is 0.340 bits per heavy atom. The van der Waals surface area contributed by atoms with Crippen molar-refractivity contribution in [1.82, 2.24) is 29.4 Å². The Labute approximate surface area is 592 Å². The fourth-order valence-corrected chi connectivity index (χ4v) is 14.8. The Morgan fingerprint density at radius 2 is 0.620 bits per heavy atom. The number of hydrazine groups is 1. The first kappa shape index (κ1) is 72.1. The molecule has 1 aliphatic carbocycles. The van der Waals surface area contributed by atoms with E-state index in [-0.39, 0.29) is 23.1 Å². The number of piperidine rings is 1. The van der Waals surface area contributed by atoms with Crippen LogP contribution in [0.15, 0.2) is 254 Å². The van der Waals surface area contributed by atoms with Crippen LogP contribution in [0.5, 0.6) is 0 Å². The fourth-order valence-electron chi connectivity index (χ4n) is 13.7. The smallest absolute Gasteiger partial charge is 0.253 e. The molecule has 9 aromatic carbocycles. The summed E-state index contributed by atoms with van der Waals surface area (Å²) in [6.45, 7) is 19.0. The molecule has 9 aromatic rings. The Kier molecular flexibility index (Phi) is 25.4. The van der Waals surface area contributed by atoms with Gasteiger partial charge in [-0.05, 0) is 128 Å². The van der Waals surface area contributed by atoms with Gasteiger partial charge in [0.25, 0.3) is 10.0 Å². The average Bonchev–Trinajstić information content (AvgIpc) is 0.859. The third kappa shape index (κ3) is 20.7. The summed E-state index contributed by atoms with van der Waals surface area (Å²) in [4.78, 5) is 61.0. The van der Waals surface area contributed by atoms with Gasteiger partial charge in [-0.15, -0.1) is 4.83 Å². The summed E-state index contributed by atoms with van der Waals surface area (Å²) in [5.41, 5.74) is 19.0. The second kappa shape index (κ2) is 35.3. The van der Waals surface area contributed by atoms with Gasteiger partial charge in [0, 0.05) is 87.7 Å². The minimum atomic E-state index is -3.48. The SMILES string of the molecule is Cc1ccc(C(=O)CN2CCc3ccccc3C2)cc1.Cc1ccc(C(=O)CN2CCc3ccccc3C2)cc1.Cc1ccc(C(=O)CN2CCc3ccccc3C2)cc1.Cc1ccc(S(=O)(=O)NN2CCC3C=CC=CC3C2)cc1.O=C(CN1CCc2ccccc2C1)c1ccccc1. The lowest BCUT2D eigenvalue weighted by Crippen LogP contribution is -2.49. The Balaban J connectivity index is 0.000000126. The molecule has 0 aromatic heterocycles. The van der Waals surface area contributed by atoms with Crippen LogP contribution in [0.3, 0.4) is 0 Å². The quantitative estimate of drug-likeness (QED) is 0.0985. The molecule has 0 saturated carbocycles. The van der Waals surface area contributed by atoms with E-state index >= 15 is 0 Å². The number of nitrogens with one attached hydrogen (secondary N) is 1. The molecule has 514 valence electrons. The molecule has 100 heavy (non-hydrogen) atoms. The van der Waals surface area contributed by atoms with E-state index in [1.807, 2.05) is 154 Å². The molecule has 1 N–H and O–H groups in total. The molecule has 1 saturated heterocycles. The molecule has 0 amide bonds. The summed E-state index contributed by atoms with van der Waals surface area (Å²) in [5.74, 6) is 1.78. The monoisotopic (exact) mass is 1350 g/mol. The number of nitrogens with zero attached hydrogens (tertiary/aromatic N) is 5. The van der Waals surface area contributed by atoms with E-state index in [1.54, 1.807) is 12.1 Å². The second-order valence-corrected chi connectivity index (χ2v) is 29.0. The fraction of sp³-hybridized carbons (Fsp3) is 0.287. The van der Waals surface area contributed by atoms with Crippen molar-refractivity contribution >= 4 is 33.2 Å². The second-order valence-electron chi connectivity index (χ2n) is 27.3. The molecule has 0 radical (unpaired) electrons. The molecule has 15 rings (SSSR count). The van der Waals surface area contributed by atoms with E-state index in [1.165, 1.54) is 61.2 Å². The van der Waals surface area contributed by atoms with Crippen molar-refractivity contribution in [3.05, 3.63) is 338 Å². The van der Waals surface area contributed by atoms with Gasteiger partial charge in [0.2, 0.25) is 0 Å². The van der Waals surface area contributed by atoms with Crippen LogP contribution in [-0.2, 0) is 61.9 Å². The van der Waals surface area contributed by atoms with E-state index in [4.69, 9.17) is 0 Å². The van der Waals surface area contributed by atoms with Crippen molar-refractivity contribution in [1.29, 1.82) is 0 Å². The number of sulfonamides is 1. The van der Waals surface area contributed by atoms with Crippen molar-refractivity contribution in [2.24, 2.45) is 11.8 Å². The summed E-state index contributed by atoms with van der Waals surface area (Å²) in [6, 6.07) is 74.1. The van der Waals surface area contributed by atoms with Crippen molar-refractivity contribution in [3.63, 3.8) is 0 Å². The number of hydrogen-bond acceptors (Lipinski definition) is 11. The molecule has 5 heterocycles. The van der Waals surface area contributed by atoms with Crippen molar-refractivity contribution in [3.8, 4) is 0 Å². The van der Waals surface area contributed by atoms with Crippen molar-refractivity contribution in [2.45, 2.75) is 90.9 Å². The van der Waals surface area contributed by atoms with Gasteiger partial charge >= 0.3 is 0 Å². The molecule has 0 spiro atoms. The number of carbonyl (C=O) groups is 4. The van der Waals surface area contributed by atoms with Crippen LogP contribution in [-0.4, -0.2) is 122 Å². The highest BCUT2D eigenvalue weighted by Crippen LogP contribution is 2.29. The first-order valence-electron chi connectivity index (χ1n) is 35.3. The maximum absolute atomic E-state index is 12.4. The van der Waals surface area contributed by atoms with E-state index in [9.17, 15) is 27.6 Å². The van der Waals surface area contributed by atoms with E-state index in [2.05, 4.69) is 140 Å². The van der Waals surface area contributed by atoms with Crippen LogP contribution in [0.4, 0.5) is 0 Å². The lowest BCUT2D eigenvalue weighted by molar-refractivity contribution is 0.0913. The summed E-state index contributed by atoms with van der Waals surface area (Å²) >= 11 is 0. The van der Waals surface area contributed by atoms with Crippen LogP contribution in [0.25, 0.3) is 0 Å². The van der Waals surface area contributed by atoms with E-state index in [0.717, 1.165) is 125 Å². The van der Waals surface area contributed by atoms with Gasteiger partial charge in [-0.3, -0.25) is 38.8 Å². The van der Waals surface area contributed by atoms with Gasteiger partial charge in [0.1, 0.15) is 0 Å². The predicted molar refractivity (Wildman–Crippen MR) is 402 cm³/mol. The number of carbonyl (C=O) groups excluding carboxylic acids is 4. The van der Waals surface area contributed by atoms with Gasteiger partial charge in [-0.1, -0.05) is 259 Å². The normalized spacial score (nSPS) is 17.2. The molecular formula is C87H94N6O6S. The molecule has 12 nitrogen and oxygen atoms in total. The Hall–Kier alpha value is -9.15. The minimum Gasteiger partial charge on any atom is -0.293 e. The Bertz CT molecular complexity index is 4130. The van der Waals surface area contributed by atoms with Gasteiger partial charge < -0.3 is 0 Å². The molecule has 5 aliphatic heterocycles. The average molecular weight is 1350 g/mol. The first-order valence-corrected chi connectivity index (χ1v) is 36.8. The van der Waals surface area contributed by atoms with Gasteiger partial charge in [0.15, 0.2) is 23.1 Å². The van der Waals surface area contributed by atoms with Crippen molar-refractivity contribution < 1.29 is 27.6 Å². The number of ketones is 4. The number of rotatable bonds is 15. The van der Waals surface area contributed by atoms with Crippen LogP contribution in [0.2, 0.25) is 0 Å². The lowest BCUT2D eigenvalue weighted by Gasteiger charge is -2.36. The van der Waals surface area contributed by atoms with Gasteiger partial charge in [-0.2, -0.15) is 0 Å². The number of allylic oxidation sites excluding steroid dienone is 3. The molecule has 0 bridgehead atoms. The summed E-state index contributed by atoms with van der Waals surface area (Å²) in [5, 5.41) is 1.82. The van der Waals surface area contributed by atoms with Crippen LogP contribution in [0.1, 0.15) is 115 Å². The topological polar surface area (TPSA) is 131 Å². The third-order valence-corrected chi connectivity index (χ3v) is 21.0. The summed E-state index contributed by atoms with van der Waals surface area (Å²) in [6.07, 6.45) is 13.6. The zero-order valence-electron chi connectivity index (χ0n) is 58.4. The summed E-state index contributed by atoms with van der Waals surface area (Å²) in [7, 11) is -3.48. The highest BCUT2D eigenvalue weighted by Gasteiger charge is 2.30. The number of fused-ring (bicyclic) bond motifs is 5. The van der Waals surface area contributed by atoms with Crippen molar-refractivity contribution in [2.75, 3.05) is 65.4 Å². The highest BCUT2D eigenvalue weighted by molar-refractivity contribution is 7.89. The molecular weight excluding hydrogens is 1260 g/mol. The largest absolute Gasteiger partial charge is 0.293 e. The maximum atomic E-state index is 12.4. The zero-order valence-corrected chi connectivity index (χ0v) is 59.2. The van der Waals surface area contributed by atoms with Crippen LogP contribution in [0, 0.1) is 39.5 Å². The van der Waals surface area contributed by atoms with Crippen LogP contribution >= 0.6 is 0 Å². The predicted octanol–water partition coefficient (Wildman–Crippen LogP) is 14.9. The molecule has 13 heteroatoms. The lowest BCUT2D eigenvalue weighted by atomic mass is 9.83. The molecule has 2 atom stereocenters. The van der Waals surface area contributed by atoms with E-state index in [0.29, 0.717) is 42.9 Å². The van der Waals surface area contributed by atoms with E-state index < -0.39 is 10.0 Å². The molecule has 2 unspecified atom stereocenters. The Morgan fingerprint density at radius 3 is 0.950 bits per heavy atom. The van der Waals surface area contributed by atoms with Crippen LogP contribution < -0.4 is 4.83 Å². The summed E-state index contributed by atoms with van der Waals surface area (Å²) < 4.78 is 24.8. The number of Topliss-reactive ketones (excluding diaryl/α,β-unsaturated/α-hetero) is 4. The van der Waals surface area contributed by atoms with Gasteiger partial charge in [-0.25, -0.2) is 13.4 Å². The number of benzene rings is 9. The third-order valence-electron chi connectivity index (χ3n) is 19.6. The minimum absolute atomic E-state index is 0.208. The molecule has 1 fully saturated rings. The molecule has 6 aliphatic rings. The zero-order chi connectivity index (χ0) is 69.8.